The average molecular weight is 350 g/mol. The van der Waals surface area contributed by atoms with E-state index in [0.717, 1.165) is 18.8 Å². The molecule has 0 unspecified atom stereocenters. The molecule has 0 radical (unpaired) electrons. The number of nitrogens with one attached hydrogen (secondary N) is 1. The van der Waals surface area contributed by atoms with Gasteiger partial charge in [0.05, 0.1) is 16.8 Å². The van der Waals surface area contributed by atoms with Gasteiger partial charge >= 0.3 is 0 Å². The van der Waals surface area contributed by atoms with Crippen LogP contribution in [0.2, 0.25) is 5.02 Å². The largest absolute Gasteiger partial charge is 0.386 e. The van der Waals surface area contributed by atoms with Crippen LogP contribution in [0.3, 0.4) is 0 Å². The van der Waals surface area contributed by atoms with Gasteiger partial charge in [-0.3, -0.25) is 9.48 Å². The second-order valence-electron chi connectivity index (χ2n) is 6.07. The smallest absolute Gasteiger partial charge is 0.241 e. The summed E-state index contributed by atoms with van der Waals surface area (Å²) in [6.07, 6.45) is 6.29. The molecule has 24 heavy (non-hydrogen) atoms. The second kappa shape index (κ2) is 7.19. The Morgan fingerprint density at radius 2 is 2.33 bits per heavy atom. The minimum Gasteiger partial charge on any atom is -0.386 e. The van der Waals surface area contributed by atoms with Gasteiger partial charge in [-0.25, -0.2) is 4.98 Å². The molecule has 8 heteroatoms. The van der Waals surface area contributed by atoms with E-state index in [4.69, 9.17) is 11.6 Å². The number of pyridine rings is 1. The summed E-state index contributed by atoms with van der Waals surface area (Å²) in [5.41, 5.74) is -0.965. The third kappa shape index (κ3) is 4.24. The quantitative estimate of drug-likeness (QED) is 0.844. The van der Waals surface area contributed by atoms with Crippen molar-refractivity contribution in [2.75, 3.05) is 24.5 Å². The molecule has 7 nitrogen and oxygen atoms in total. The highest BCUT2D eigenvalue weighted by molar-refractivity contribution is 6.30. The number of hydrogen-bond acceptors (Lipinski definition) is 5. The van der Waals surface area contributed by atoms with Gasteiger partial charge < -0.3 is 15.3 Å². The number of halogens is 1. The number of piperidine rings is 1. The van der Waals surface area contributed by atoms with Crippen molar-refractivity contribution >= 4 is 23.3 Å². The zero-order valence-electron chi connectivity index (χ0n) is 13.2. The number of amides is 1. The molecule has 3 heterocycles. The summed E-state index contributed by atoms with van der Waals surface area (Å²) < 4.78 is 1.46. The summed E-state index contributed by atoms with van der Waals surface area (Å²) in [7, 11) is 0. The van der Waals surface area contributed by atoms with Crippen LogP contribution in [0.1, 0.15) is 12.8 Å². The number of carbonyl (C=O) groups excluding carboxylic acids is 1. The number of rotatable bonds is 5. The molecule has 1 fully saturated rings. The minimum absolute atomic E-state index is 0.0761. The Balaban J connectivity index is 1.54. The van der Waals surface area contributed by atoms with Crippen molar-refractivity contribution in [1.29, 1.82) is 0 Å². The fourth-order valence-electron chi connectivity index (χ4n) is 2.88. The van der Waals surface area contributed by atoms with Gasteiger partial charge in [-0.15, -0.1) is 0 Å². The van der Waals surface area contributed by atoms with Crippen LogP contribution in [-0.4, -0.2) is 51.0 Å². The molecule has 128 valence electrons. The SMILES string of the molecule is O=C(Cn1cc(Cl)cn1)NC[C@]1(O)CCCN(c2ccccn2)C1. The van der Waals surface area contributed by atoms with E-state index >= 15 is 0 Å². The van der Waals surface area contributed by atoms with E-state index in [1.807, 2.05) is 23.1 Å². The molecule has 0 bridgehead atoms. The lowest BCUT2D eigenvalue weighted by Gasteiger charge is -2.39. The lowest BCUT2D eigenvalue weighted by Crippen LogP contribution is -2.54. The highest BCUT2D eigenvalue weighted by Gasteiger charge is 2.34. The Hall–Kier alpha value is -2.12. The van der Waals surface area contributed by atoms with Crippen LogP contribution in [0.4, 0.5) is 5.82 Å². The van der Waals surface area contributed by atoms with E-state index in [0.29, 0.717) is 18.0 Å². The first kappa shape index (κ1) is 16.7. The molecule has 3 rings (SSSR count). The molecule has 2 aromatic rings. The van der Waals surface area contributed by atoms with Gasteiger partial charge in [-0.2, -0.15) is 5.10 Å². The van der Waals surface area contributed by atoms with Crippen LogP contribution in [0.5, 0.6) is 0 Å². The predicted molar refractivity (Wildman–Crippen MR) is 90.9 cm³/mol. The highest BCUT2D eigenvalue weighted by atomic mass is 35.5. The molecule has 1 atom stereocenters. The zero-order valence-corrected chi connectivity index (χ0v) is 14.0. The zero-order chi connectivity index (χ0) is 17.0. The van der Waals surface area contributed by atoms with E-state index < -0.39 is 5.60 Å². The van der Waals surface area contributed by atoms with E-state index in [1.165, 1.54) is 10.9 Å². The standard InChI is InChI=1S/C16H20ClN5O2/c17-13-8-20-22(9-13)10-15(23)19-11-16(24)5-3-7-21(12-16)14-4-1-2-6-18-14/h1-2,4,6,8-9,24H,3,5,7,10-12H2,(H,19,23)/t16-/m1/s1. The van der Waals surface area contributed by atoms with Gasteiger partial charge in [-0.1, -0.05) is 17.7 Å². The number of carbonyl (C=O) groups is 1. The summed E-state index contributed by atoms with van der Waals surface area (Å²) in [6.45, 7) is 1.56. The molecule has 0 saturated carbocycles. The van der Waals surface area contributed by atoms with Crippen LogP contribution in [0.15, 0.2) is 36.8 Å². The van der Waals surface area contributed by atoms with E-state index in [2.05, 4.69) is 15.4 Å². The molecular weight excluding hydrogens is 330 g/mol. The number of aliphatic hydroxyl groups is 1. The normalized spacial score (nSPS) is 20.8. The summed E-state index contributed by atoms with van der Waals surface area (Å²) in [5, 5.41) is 18.0. The van der Waals surface area contributed by atoms with Crippen LogP contribution in [0, 0.1) is 0 Å². The van der Waals surface area contributed by atoms with E-state index in [9.17, 15) is 9.90 Å². The van der Waals surface area contributed by atoms with Crippen molar-refractivity contribution < 1.29 is 9.90 Å². The Bertz CT molecular complexity index is 693. The van der Waals surface area contributed by atoms with Crippen LogP contribution in [-0.2, 0) is 11.3 Å². The van der Waals surface area contributed by atoms with E-state index in [-0.39, 0.29) is 19.0 Å². The number of hydrogen-bond donors (Lipinski definition) is 2. The molecular formula is C16H20ClN5O2. The van der Waals surface area contributed by atoms with Crippen molar-refractivity contribution in [3.63, 3.8) is 0 Å². The van der Waals surface area contributed by atoms with Gasteiger partial charge in [0.1, 0.15) is 12.4 Å². The number of anilines is 1. The molecule has 1 saturated heterocycles. The maximum atomic E-state index is 12.0. The summed E-state index contributed by atoms with van der Waals surface area (Å²) in [6, 6.07) is 5.71. The van der Waals surface area contributed by atoms with Gasteiger partial charge in [0.2, 0.25) is 5.91 Å². The van der Waals surface area contributed by atoms with Crippen molar-refractivity contribution in [3.05, 3.63) is 41.8 Å². The third-order valence-corrected chi connectivity index (χ3v) is 4.25. The first-order valence-electron chi connectivity index (χ1n) is 7.87. The lowest BCUT2D eigenvalue weighted by molar-refractivity contribution is -0.123. The fraction of sp³-hybridized carbons (Fsp3) is 0.438. The maximum Gasteiger partial charge on any atom is 0.241 e. The molecule has 1 aliphatic heterocycles. The molecule has 1 aliphatic rings. The van der Waals surface area contributed by atoms with Crippen molar-refractivity contribution in [3.8, 4) is 0 Å². The van der Waals surface area contributed by atoms with Gasteiger partial charge in [0.15, 0.2) is 0 Å². The van der Waals surface area contributed by atoms with Crippen LogP contribution in [0.25, 0.3) is 0 Å². The van der Waals surface area contributed by atoms with Crippen LogP contribution >= 0.6 is 11.6 Å². The first-order chi connectivity index (χ1) is 11.5. The molecule has 2 aromatic heterocycles. The molecule has 2 N–H and O–H groups in total. The fourth-order valence-corrected chi connectivity index (χ4v) is 3.04. The van der Waals surface area contributed by atoms with Crippen molar-refractivity contribution in [2.24, 2.45) is 0 Å². The summed E-state index contributed by atoms with van der Waals surface area (Å²) in [5.74, 6) is 0.631. The lowest BCUT2D eigenvalue weighted by atomic mass is 9.92. The summed E-state index contributed by atoms with van der Waals surface area (Å²) in [4.78, 5) is 18.4. The molecule has 0 spiro atoms. The topological polar surface area (TPSA) is 83.3 Å². The van der Waals surface area contributed by atoms with Crippen molar-refractivity contribution in [1.82, 2.24) is 20.1 Å². The molecule has 1 amide bonds. The number of β-amino-alcohol motifs (C(OH)–C–C–N with tert-alkyl or cyclic N) is 1. The van der Waals surface area contributed by atoms with Crippen molar-refractivity contribution in [2.45, 2.75) is 25.0 Å². The first-order valence-corrected chi connectivity index (χ1v) is 8.25. The number of nitrogens with zero attached hydrogens (tertiary/aromatic N) is 4. The second-order valence-corrected chi connectivity index (χ2v) is 6.51. The van der Waals surface area contributed by atoms with Gasteiger partial charge in [0.25, 0.3) is 0 Å². The number of aromatic nitrogens is 3. The predicted octanol–water partition coefficient (Wildman–Crippen LogP) is 1.08. The van der Waals surface area contributed by atoms with Gasteiger partial charge in [0, 0.05) is 32.0 Å². The minimum atomic E-state index is -0.965. The van der Waals surface area contributed by atoms with E-state index in [1.54, 1.807) is 12.4 Å². The Labute approximate surface area is 145 Å². The molecule has 0 aliphatic carbocycles. The van der Waals surface area contributed by atoms with Gasteiger partial charge in [-0.05, 0) is 25.0 Å². The maximum absolute atomic E-state index is 12.0. The Morgan fingerprint density at radius 1 is 1.46 bits per heavy atom. The Kier molecular flexibility index (Phi) is 5.01. The summed E-state index contributed by atoms with van der Waals surface area (Å²) >= 11 is 5.77. The average Bonchev–Trinajstić information content (AvgIpc) is 2.99. The Morgan fingerprint density at radius 3 is 3.04 bits per heavy atom. The third-order valence-electron chi connectivity index (χ3n) is 4.05. The monoisotopic (exact) mass is 349 g/mol. The van der Waals surface area contributed by atoms with Crippen LogP contribution < -0.4 is 10.2 Å². The highest BCUT2D eigenvalue weighted by Crippen LogP contribution is 2.24. The molecule has 0 aromatic carbocycles.